The van der Waals surface area contributed by atoms with Crippen LogP contribution < -0.4 is 10.9 Å². The van der Waals surface area contributed by atoms with Crippen LogP contribution in [0.1, 0.15) is 34.4 Å². The van der Waals surface area contributed by atoms with Gasteiger partial charge < -0.3 is 4.74 Å². The van der Waals surface area contributed by atoms with Crippen LogP contribution in [0.15, 0.2) is 4.79 Å². The minimum absolute atomic E-state index is 0.0427. The number of nitrogens with one attached hydrogen (secondary N) is 1. The van der Waals surface area contributed by atoms with Gasteiger partial charge in [0, 0.05) is 11.5 Å². The van der Waals surface area contributed by atoms with E-state index in [1.165, 1.54) is 22.7 Å². The number of aromatic nitrogens is 5. The Morgan fingerprint density at radius 2 is 2.15 bits per heavy atom. The molecule has 1 aliphatic heterocycles. The Kier molecular flexibility index (Phi) is 4.51. The maximum absolute atomic E-state index is 12.6. The normalized spacial score (nSPS) is 17.1. The van der Waals surface area contributed by atoms with Crippen molar-refractivity contribution in [1.82, 2.24) is 25.2 Å². The molecule has 9 nitrogen and oxygen atoms in total. The SMILES string of the molecule is Cc1sc2nnn(CC(=O)Nc3nnc(C4CCCO4)s3)c(=O)c2c1C. The third-order valence-corrected chi connectivity index (χ3v) is 6.27. The molecule has 11 heteroatoms. The summed E-state index contributed by atoms with van der Waals surface area (Å²) in [5, 5.41) is 20.2. The Labute approximate surface area is 156 Å². The van der Waals surface area contributed by atoms with Crippen LogP contribution in [0.5, 0.6) is 0 Å². The Bertz CT molecular complexity index is 1030. The zero-order valence-corrected chi connectivity index (χ0v) is 15.8. The standard InChI is InChI=1S/C15H16N6O3S2/c1-7-8(2)25-13-11(7)14(23)21(20-18-13)6-10(22)16-15-19-17-12(26-15)9-4-3-5-24-9/h9H,3-6H2,1-2H3,(H,16,19,22). The molecule has 0 aliphatic carbocycles. The zero-order valence-electron chi connectivity index (χ0n) is 14.2. The van der Waals surface area contributed by atoms with Gasteiger partial charge in [-0.2, -0.15) is 0 Å². The van der Waals surface area contributed by atoms with E-state index in [1.54, 1.807) is 0 Å². The first kappa shape index (κ1) is 17.2. The molecule has 1 fully saturated rings. The van der Waals surface area contributed by atoms with Crippen LogP contribution >= 0.6 is 22.7 Å². The van der Waals surface area contributed by atoms with Gasteiger partial charge in [0.15, 0.2) is 4.83 Å². The molecule has 1 saturated heterocycles. The molecule has 1 amide bonds. The van der Waals surface area contributed by atoms with Gasteiger partial charge in [0.25, 0.3) is 5.56 Å². The van der Waals surface area contributed by atoms with Crippen molar-refractivity contribution in [2.75, 3.05) is 11.9 Å². The van der Waals surface area contributed by atoms with Gasteiger partial charge in [-0.3, -0.25) is 14.9 Å². The Morgan fingerprint density at radius 3 is 2.92 bits per heavy atom. The average Bonchev–Trinajstić information content (AvgIpc) is 3.32. The highest BCUT2D eigenvalue weighted by Crippen LogP contribution is 2.31. The predicted octanol–water partition coefficient (Wildman–Crippen LogP) is 1.81. The lowest BCUT2D eigenvalue weighted by atomic mass is 10.2. The van der Waals surface area contributed by atoms with Gasteiger partial charge in [0.1, 0.15) is 17.7 Å². The third-order valence-electron chi connectivity index (χ3n) is 4.24. The molecule has 3 aromatic rings. The van der Waals surface area contributed by atoms with Gasteiger partial charge in [0.2, 0.25) is 11.0 Å². The van der Waals surface area contributed by atoms with E-state index in [2.05, 4.69) is 25.8 Å². The van der Waals surface area contributed by atoms with Gasteiger partial charge in [0.05, 0.1) is 5.39 Å². The van der Waals surface area contributed by atoms with Crippen molar-refractivity contribution in [1.29, 1.82) is 0 Å². The summed E-state index contributed by atoms with van der Waals surface area (Å²) in [6.45, 7) is 4.29. The summed E-state index contributed by atoms with van der Waals surface area (Å²) in [4.78, 5) is 26.4. The molecular weight excluding hydrogens is 376 g/mol. The molecule has 3 aromatic heterocycles. The fourth-order valence-corrected chi connectivity index (χ4v) is 4.59. The van der Waals surface area contributed by atoms with Crippen molar-refractivity contribution in [3.05, 3.63) is 25.8 Å². The number of thiophene rings is 1. The summed E-state index contributed by atoms with van der Waals surface area (Å²) in [7, 11) is 0. The maximum atomic E-state index is 12.6. The fraction of sp³-hybridized carbons (Fsp3) is 0.467. The van der Waals surface area contributed by atoms with E-state index < -0.39 is 5.91 Å². The maximum Gasteiger partial charge on any atom is 0.279 e. The molecule has 1 atom stereocenters. The second-order valence-electron chi connectivity index (χ2n) is 6.01. The number of aryl methyl sites for hydroxylation is 2. The molecule has 1 aliphatic rings. The van der Waals surface area contributed by atoms with Gasteiger partial charge in [-0.1, -0.05) is 16.6 Å². The third kappa shape index (κ3) is 3.13. The lowest BCUT2D eigenvalue weighted by Crippen LogP contribution is -2.30. The molecule has 0 radical (unpaired) electrons. The highest BCUT2D eigenvalue weighted by Gasteiger charge is 2.22. The number of carbonyl (C=O) groups excluding carboxylic acids is 1. The molecule has 0 spiro atoms. The van der Waals surface area contributed by atoms with Crippen LogP contribution in [0, 0.1) is 13.8 Å². The van der Waals surface area contributed by atoms with Crippen molar-refractivity contribution >= 4 is 43.9 Å². The number of fused-ring (bicyclic) bond motifs is 1. The van der Waals surface area contributed by atoms with E-state index in [9.17, 15) is 9.59 Å². The van der Waals surface area contributed by atoms with Crippen molar-refractivity contribution in [3.63, 3.8) is 0 Å². The van der Waals surface area contributed by atoms with Crippen LogP contribution in [0.2, 0.25) is 0 Å². The Balaban J connectivity index is 1.50. The first-order valence-electron chi connectivity index (χ1n) is 8.11. The lowest BCUT2D eigenvalue weighted by molar-refractivity contribution is -0.117. The second-order valence-corrected chi connectivity index (χ2v) is 8.22. The summed E-state index contributed by atoms with van der Waals surface area (Å²) in [6, 6.07) is 0. The summed E-state index contributed by atoms with van der Waals surface area (Å²) < 4.78 is 6.62. The number of carbonyl (C=O) groups is 1. The van der Waals surface area contributed by atoms with Crippen LogP contribution in [-0.2, 0) is 16.1 Å². The van der Waals surface area contributed by atoms with Crippen molar-refractivity contribution in [2.45, 2.75) is 39.3 Å². The number of hydrogen-bond donors (Lipinski definition) is 1. The van der Waals surface area contributed by atoms with Crippen molar-refractivity contribution in [2.24, 2.45) is 0 Å². The minimum Gasteiger partial charge on any atom is -0.371 e. The van der Waals surface area contributed by atoms with Crippen LogP contribution in [0.3, 0.4) is 0 Å². The first-order chi connectivity index (χ1) is 12.5. The van der Waals surface area contributed by atoms with E-state index in [-0.39, 0.29) is 18.2 Å². The molecular formula is C15H16N6O3S2. The lowest BCUT2D eigenvalue weighted by Gasteiger charge is -2.04. The van der Waals surface area contributed by atoms with Crippen LogP contribution in [0.25, 0.3) is 10.2 Å². The van der Waals surface area contributed by atoms with Crippen LogP contribution in [0.4, 0.5) is 5.13 Å². The van der Waals surface area contributed by atoms with E-state index in [4.69, 9.17) is 4.74 Å². The van der Waals surface area contributed by atoms with E-state index in [0.29, 0.717) is 15.3 Å². The van der Waals surface area contributed by atoms with Crippen LogP contribution in [-0.4, -0.2) is 37.7 Å². The van der Waals surface area contributed by atoms with Gasteiger partial charge in [-0.15, -0.1) is 26.6 Å². The van der Waals surface area contributed by atoms with Crippen molar-refractivity contribution in [3.8, 4) is 0 Å². The molecule has 1 N–H and O–H groups in total. The molecule has 0 aromatic carbocycles. The highest BCUT2D eigenvalue weighted by atomic mass is 32.1. The topological polar surface area (TPSA) is 112 Å². The Hall–Kier alpha value is -2.24. The number of hydrogen-bond acceptors (Lipinski definition) is 9. The smallest absolute Gasteiger partial charge is 0.279 e. The van der Waals surface area contributed by atoms with E-state index in [1.807, 2.05) is 13.8 Å². The summed E-state index contributed by atoms with van der Waals surface area (Å²) in [6.07, 6.45) is 1.86. The highest BCUT2D eigenvalue weighted by molar-refractivity contribution is 7.18. The Morgan fingerprint density at radius 1 is 1.31 bits per heavy atom. The first-order valence-corrected chi connectivity index (χ1v) is 9.74. The summed E-state index contributed by atoms with van der Waals surface area (Å²) >= 11 is 2.70. The van der Waals surface area contributed by atoms with E-state index >= 15 is 0 Å². The molecule has 4 rings (SSSR count). The summed E-state index contributed by atoms with van der Waals surface area (Å²) in [5.74, 6) is -0.402. The molecule has 4 heterocycles. The molecule has 136 valence electrons. The molecule has 0 bridgehead atoms. The molecule has 0 saturated carbocycles. The number of rotatable bonds is 4. The number of amides is 1. The number of anilines is 1. The fourth-order valence-electron chi connectivity index (χ4n) is 2.78. The molecule has 26 heavy (non-hydrogen) atoms. The van der Waals surface area contributed by atoms with Gasteiger partial charge in [-0.05, 0) is 32.3 Å². The van der Waals surface area contributed by atoms with Crippen molar-refractivity contribution < 1.29 is 9.53 Å². The summed E-state index contributed by atoms with van der Waals surface area (Å²) in [5.41, 5.74) is 0.564. The average molecular weight is 392 g/mol. The molecule has 1 unspecified atom stereocenters. The number of ether oxygens (including phenoxy) is 1. The van der Waals surface area contributed by atoms with Gasteiger partial charge >= 0.3 is 0 Å². The van der Waals surface area contributed by atoms with E-state index in [0.717, 1.165) is 39.6 Å². The quantitative estimate of drug-likeness (QED) is 0.720. The zero-order chi connectivity index (χ0) is 18.3. The minimum atomic E-state index is -0.402. The number of nitrogens with zero attached hydrogens (tertiary/aromatic N) is 5. The largest absolute Gasteiger partial charge is 0.371 e. The second kappa shape index (κ2) is 6.82. The predicted molar refractivity (Wildman–Crippen MR) is 97.6 cm³/mol. The monoisotopic (exact) mass is 392 g/mol. The van der Waals surface area contributed by atoms with Gasteiger partial charge in [-0.25, -0.2) is 4.68 Å².